The van der Waals surface area contributed by atoms with Crippen molar-refractivity contribution in [2.24, 2.45) is 0 Å². The lowest BCUT2D eigenvalue weighted by Crippen LogP contribution is -2.16. The predicted octanol–water partition coefficient (Wildman–Crippen LogP) is 3.24. The van der Waals surface area contributed by atoms with E-state index in [0.717, 1.165) is 0 Å². The molecule has 0 saturated carbocycles. The highest BCUT2D eigenvalue weighted by atomic mass is 32.2. The molecule has 1 aliphatic heterocycles. The molecule has 0 spiro atoms. The third kappa shape index (κ3) is 2.47. The van der Waals surface area contributed by atoms with E-state index < -0.39 is 22.2 Å². The van der Waals surface area contributed by atoms with Gasteiger partial charge in [-0.2, -0.15) is 26.3 Å². The topological polar surface area (TPSA) is 14.1 Å². The number of hydrogen-bond acceptors (Lipinski definition) is 2. The van der Waals surface area contributed by atoms with Gasteiger partial charge >= 0.3 is 12.4 Å². The minimum atomic E-state index is -4.98. The normalized spacial score (nSPS) is 19.8. The van der Waals surface area contributed by atoms with Gasteiger partial charge < -0.3 is 0 Å². The molecule has 0 aromatic heterocycles. The summed E-state index contributed by atoms with van der Waals surface area (Å²) in [6.45, 7) is 0. The maximum Gasteiger partial charge on any atom is 0.424 e. The summed E-state index contributed by atoms with van der Waals surface area (Å²) in [5, 5.41) is 0. The maximum absolute atomic E-state index is 11.9. The van der Waals surface area contributed by atoms with Crippen molar-refractivity contribution in [3.05, 3.63) is 9.81 Å². The third-order valence-corrected chi connectivity index (χ3v) is 2.94. The first-order chi connectivity index (χ1) is 5.73. The molecular weight excluding hydrogens is 240 g/mol. The van der Waals surface area contributed by atoms with Crippen LogP contribution in [-0.2, 0) is 0 Å². The fourth-order valence-corrected chi connectivity index (χ4v) is 2.11. The standard InChI is InChI=1S/C4F6NS2/c5-3(6,7)1-2(4(8,9)10)13-11-12-1. The van der Waals surface area contributed by atoms with E-state index in [2.05, 4.69) is 4.13 Å². The van der Waals surface area contributed by atoms with Crippen LogP contribution >= 0.6 is 23.9 Å². The minimum Gasteiger partial charge on any atom is -0.165 e. The molecule has 0 fully saturated rings. The quantitative estimate of drug-likeness (QED) is 0.476. The number of alkyl halides is 6. The van der Waals surface area contributed by atoms with Gasteiger partial charge in [0, 0.05) is 0 Å². The van der Waals surface area contributed by atoms with Crippen molar-refractivity contribution in [3.63, 3.8) is 0 Å². The summed E-state index contributed by atoms with van der Waals surface area (Å²) in [5.74, 6) is 0. The van der Waals surface area contributed by atoms with Crippen LogP contribution in [0.25, 0.3) is 0 Å². The Morgan fingerprint density at radius 2 is 1.08 bits per heavy atom. The highest BCUT2D eigenvalue weighted by Gasteiger charge is 2.49. The molecule has 0 unspecified atom stereocenters. The van der Waals surface area contributed by atoms with Crippen LogP contribution in [-0.4, -0.2) is 12.4 Å². The number of rotatable bonds is 0. The number of halogens is 6. The Morgan fingerprint density at radius 3 is 1.31 bits per heavy atom. The Labute approximate surface area is 77.2 Å². The first kappa shape index (κ1) is 11.1. The first-order valence-electron chi connectivity index (χ1n) is 2.66. The summed E-state index contributed by atoms with van der Waals surface area (Å²) in [5.41, 5.74) is 0. The smallest absolute Gasteiger partial charge is 0.165 e. The highest BCUT2D eigenvalue weighted by molar-refractivity contribution is 8.19. The second-order valence-electron chi connectivity index (χ2n) is 1.91. The molecule has 0 atom stereocenters. The molecule has 1 nitrogen and oxygen atoms in total. The number of nitrogens with zero attached hydrogens (tertiary/aromatic N) is 1. The Bertz CT molecular complexity index is 216. The van der Waals surface area contributed by atoms with Crippen LogP contribution in [0.3, 0.4) is 0 Å². The van der Waals surface area contributed by atoms with Crippen LogP contribution < -0.4 is 4.13 Å². The van der Waals surface area contributed by atoms with Crippen LogP contribution in [0.1, 0.15) is 0 Å². The van der Waals surface area contributed by atoms with Crippen LogP contribution in [0, 0.1) is 0 Å². The molecule has 0 saturated heterocycles. The van der Waals surface area contributed by atoms with E-state index in [1.807, 2.05) is 0 Å². The van der Waals surface area contributed by atoms with Gasteiger partial charge in [0.15, 0.2) is 0 Å². The van der Waals surface area contributed by atoms with Crippen molar-refractivity contribution in [1.29, 1.82) is 0 Å². The van der Waals surface area contributed by atoms with Gasteiger partial charge in [-0.05, 0) is 23.9 Å². The van der Waals surface area contributed by atoms with E-state index in [0.29, 0.717) is 0 Å². The molecule has 1 rings (SSSR count). The predicted molar refractivity (Wildman–Crippen MR) is 36.5 cm³/mol. The molecule has 75 valence electrons. The lowest BCUT2D eigenvalue weighted by Gasteiger charge is -2.09. The average molecular weight is 240 g/mol. The van der Waals surface area contributed by atoms with Crippen molar-refractivity contribution >= 4 is 23.9 Å². The zero-order chi connectivity index (χ0) is 10.3. The Hall–Kier alpha value is -0.0200. The second-order valence-corrected chi connectivity index (χ2v) is 3.69. The molecule has 0 aromatic carbocycles. The number of allylic oxidation sites excluding steroid dienone is 2. The minimum absolute atomic E-state index is 0.193. The maximum atomic E-state index is 11.9. The van der Waals surface area contributed by atoms with E-state index >= 15 is 0 Å². The van der Waals surface area contributed by atoms with Crippen molar-refractivity contribution in [1.82, 2.24) is 4.13 Å². The van der Waals surface area contributed by atoms with Crippen molar-refractivity contribution in [3.8, 4) is 0 Å². The van der Waals surface area contributed by atoms with E-state index in [1.54, 1.807) is 0 Å². The molecule has 0 aliphatic carbocycles. The van der Waals surface area contributed by atoms with E-state index in [1.165, 1.54) is 0 Å². The number of hydrogen-bond donors (Lipinski definition) is 0. The van der Waals surface area contributed by atoms with Crippen LogP contribution in [0.4, 0.5) is 26.3 Å². The Kier molecular flexibility index (Phi) is 2.79. The van der Waals surface area contributed by atoms with Crippen LogP contribution in [0.15, 0.2) is 9.81 Å². The summed E-state index contributed by atoms with van der Waals surface area (Å²) < 4.78 is 74.2. The Balaban J connectivity index is 3.04. The van der Waals surface area contributed by atoms with Crippen molar-refractivity contribution in [2.75, 3.05) is 0 Å². The molecule has 1 radical (unpaired) electrons. The molecule has 0 N–H and O–H groups in total. The summed E-state index contributed by atoms with van der Waals surface area (Å²) in [6.07, 6.45) is -9.97. The highest BCUT2D eigenvalue weighted by Crippen LogP contribution is 2.51. The lowest BCUT2D eigenvalue weighted by atomic mass is 10.4. The zero-order valence-electron chi connectivity index (χ0n) is 5.53. The van der Waals surface area contributed by atoms with Crippen LogP contribution in [0.2, 0.25) is 0 Å². The monoisotopic (exact) mass is 240 g/mol. The summed E-state index contributed by atoms with van der Waals surface area (Å²) in [6, 6.07) is 0. The molecular formula is C4F6NS2. The van der Waals surface area contributed by atoms with E-state index in [-0.39, 0.29) is 23.9 Å². The molecule has 1 aliphatic rings. The van der Waals surface area contributed by atoms with E-state index in [9.17, 15) is 26.3 Å². The van der Waals surface area contributed by atoms with Gasteiger partial charge in [-0.15, -0.1) is 0 Å². The summed E-state index contributed by atoms with van der Waals surface area (Å²) in [4.78, 5) is -3.38. The van der Waals surface area contributed by atoms with Gasteiger partial charge in [-0.25, -0.2) is 0 Å². The SMILES string of the molecule is FC(F)(F)C1=C(C(F)(F)F)S[N]S1. The molecule has 0 aromatic rings. The van der Waals surface area contributed by atoms with Gasteiger partial charge in [-0.1, -0.05) is 4.13 Å². The zero-order valence-corrected chi connectivity index (χ0v) is 7.16. The molecule has 13 heavy (non-hydrogen) atoms. The third-order valence-electron chi connectivity index (χ3n) is 0.978. The second kappa shape index (κ2) is 3.28. The van der Waals surface area contributed by atoms with E-state index in [4.69, 9.17) is 0 Å². The fourth-order valence-electron chi connectivity index (χ4n) is 0.537. The Morgan fingerprint density at radius 1 is 0.769 bits per heavy atom. The van der Waals surface area contributed by atoms with Crippen LogP contribution in [0.5, 0.6) is 0 Å². The molecule has 0 amide bonds. The van der Waals surface area contributed by atoms with Gasteiger partial charge in [0.1, 0.15) is 9.81 Å². The summed E-state index contributed by atoms with van der Waals surface area (Å²) in [7, 11) is 0. The van der Waals surface area contributed by atoms with Crippen molar-refractivity contribution < 1.29 is 26.3 Å². The lowest BCUT2D eigenvalue weighted by molar-refractivity contribution is -0.103. The summed E-state index contributed by atoms with van der Waals surface area (Å²) >= 11 is -0.386. The molecule has 1 heterocycles. The fraction of sp³-hybridized carbons (Fsp3) is 0.500. The first-order valence-corrected chi connectivity index (χ1v) is 4.20. The average Bonchev–Trinajstić information content (AvgIpc) is 2.27. The van der Waals surface area contributed by atoms with Gasteiger partial charge in [-0.3, -0.25) is 0 Å². The largest absolute Gasteiger partial charge is 0.424 e. The molecule has 0 bridgehead atoms. The van der Waals surface area contributed by atoms with Gasteiger partial charge in [0.05, 0.1) is 0 Å². The van der Waals surface area contributed by atoms with Crippen molar-refractivity contribution in [2.45, 2.75) is 12.4 Å². The van der Waals surface area contributed by atoms with Gasteiger partial charge in [0.2, 0.25) is 0 Å². The van der Waals surface area contributed by atoms with Gasteiger partial charge in [0.25, 0.3) is 0 Å². The molecule has 9 heteroatoms.